The molecule has 33 heavy (non-hydrogen) atoms. The molecule has 4 aliphatic rings. The van der Waals surface area contributed by atoms with Crippen LogP contribution in [0.1, 0.15) is 112 Å². The Hall–Kier alpha value is -0.240. The van der Waals surface area contributed by atoms with E-state index in [-0.39, 0.29) is 6.10 Å². The van der Waals surface area contributed by atoms with E-state index in [0.717, 1.165) is 48.3 Å². The standard InChI is InChI=1S/C29H50O3P/c1-7-31-33(30)32-23-15-17-28(5)22(19-23)11-12-24-26-14-13-25(21(4)10-8-9-20(2)3)29(26,6)18-16-27(24)28/h11,20-21,23-27H,7-10,12-19H2,1-6H3/q+1/t21-,23+,24+,25-,26+,27+,28+,29-/m1/s1. The average molecular weight is 478 g/mol. The van der Waals surface area contributed by atoms with Crippen LogP contribution in [0.2, 0.25) is 0 Å². The maximum atomic E-state index is 12.0. The zero-order valence-electron chi connectivity index (χ0n) is 22.3. The summed E-state index contributed by atoms with van der Waals surface area (Å²) in [5.74, 6) is 5.23. The molecule has 0 N–H and O–H groups in total. The number of hydrogen-bond donors (Lipinski definition) is 0. The van der Waals surface area contributed by atoms with Gasteiger partial charge in [0.25, 0.3) is 0 Å². The Morgan fingerprint density at radius 1 is 1.06 bits per heavy atom. The van der Waals surface area contributed by atoms with Gasteiger partial charge in [-0.2, -0.15) is 0 Å². The lowest BCUT2D eigenvalue weighted by atomic mass is 9.47. The van der Waals surface area contributed by atoms with Crippen LogP contribution in [0.3, 0.4) is 0 Å². The minimum Gasteiger partial charge on any atom is -0.119 e. The van der Waals surface area contributed by atoms with Crippen LogP contribution in [-0.2, 0) is 13.6 Å². The van der Waals surface area contributed by atoms with Crippen LogP contribution < -0.4 is 0 Å². The topological polar surface area (TPSA) is 35.5 Å². The van der Waals surface area contributed by atoms with E-state index in [1.807, 2.05) is 6.92 Å². The van der Waals surface area contributed by atoms with Crippen LogP contribution >= 0.6 is 8.25 Å². The molecule has 3 saturated carbocycles. The Morgan fingerprint density at radius 2 is 1.85 bits per heavy atom. The van der Waals surface area contributed by atoms with Crippen LogP contribution in [0.4, 0.5) is 0 Å². The monoisotopic (exact) mass is 477 g/mol. The normalized spacial score (nSPS) is 41.7. The highest BCUT2D eigenvalue weighted by Crippen LogP contribution is 2.67. The summed E-state index contributed by atoms with van der Waals surface area (Å²) in [6.07, 6.45) is 17.0. The number of allylic oxidation sites excluding steroid dienone is 1. The van der Waals surface area contributed by atoms with E-state index in [4.69, 9.17) is 9.05 Å². The number of hydrogen-bond acceptors (Lipinski definition) is 3. The summed E-state index contributed by atoms with van der Waals surface area (Å²) < 4.78 is 23.0. The molecule has 0 aliphatic heterocycles. The maximum absolute atomic E-state index is 12.0. The van der Waals surface area contributed by atoms with Crippen LogP contribution in [0.5, 0.6) is 0 Å². The molecule has 0 spiro atoms. The second-order valence-corrected chi connectivity index (χ2v) is 13.8. The summed E-state index contributed by atoms with van der Waals surface area (Å²) in [5, 5.41) is 0. The molecule has 0 heterocycles. The fraction of sp³-hybridized carbons (Fsp3) is 0.931. The first-order valence-corrected chi connectivity index (χ1v) is 15.2. The molecule has 4 aliphatic carbocycles. The molecule has 0 radical (unpaired) electrons. The van der Waals surface area contributed by atoms with E-state index >= 15 is 0 Å². The van der Waals surface area contributed by atoms with Crippen LogP contribution in [0.25, 0.3) is 0 Å². The highest BCUT2D eigenvalue weighted by atomic mass is 31.1. The summed E-state index contributed by atoms with van der Waals surface area (Å²) in [6.45, 7) is 14.8. The minimum absolute atomic E-state index is 0.0624. The summed E-state index contributed by atoms with van der Waals surface area (Å²) in [4.78, 5) is 0. The Morgan fingerprint density at radius 3 is 2.58 bits per heavy atom. The Labute approximate surface area is 204 Å². The van der Waals surface area contributed by atoms with Crippen molar-refractivity contribution in [2.24, 2.45) is 46.3 Å². The predicted octanol–water partition coefficient (Wildman–Crippen LogP) is 9.11. The second kappa shape index (κ2) is 10.4. The van der Waals surface area contributed by atoms with Gasteiger partial charge in [0.1, 0.15) is 12.7 Å². The minimum atomic E-state index is -1.97. The lowest BCUT2D eigenvalue weighted by molar-refractivity contribution is -0.0561. The van der Waals surface area contributed by atoms with E-state index in [0.29, 0.717) is 17.4 Å². The van der Waals surface area contributed by atoms with Gasteiger partial charge < -0.3 is 0 Å². The number of fused-ring (bicyclic) bond motifs is 5. The summed E-state index contributed by atoms with van der Waals surface area (Å²) in [7, 11) is -1.97. The first-order chi connectivity index (χ1) is 15.7. The molecule has 3 nitrogen and oxygen atoms in total. The van der Waals surface area contributed by atoms with Gasteiger partial charge in [0.05, 0.1) is 0 Å². The molecule has 0 aromatic rings. The zero-order valence-corrected chi connectivity index (χ0v) is 23.2. The van der Waals surface area contributed by atoms with Gasteiger partial charge in [0, 0.05) is 11.0 Å². The SMILES string of the molecule is CCO[P+](=O)O[C@H]1CC[C@@]2(C)C(=CC[C@H]3[C@@H]4CC[C@H]([C@H](C)CCCC(C)C)[C@@]4(C)CC[C@@H]32)C1. The van der Waals surface area contributed by atoms with E-state index in [2.05, 4.69) is 40.7 Å². The van der Waals surface area contributed by atoms with Crippen LogP contribution in [-0.4, -0.2) is 12.7 Å². The highest BCUT2D eigenvalue weighted by molar-refractivity contribution is 7.33. The fourth-order valence-electron chi connectivity index (χ4n) is 9.00. The van der Waals surface area contributed by atoms with Crippen molar-refractivity contribution in [2.45, 2.75) is 118 Å². The predicted molar refractivity (Wildman–Crippen MR) is 137 cm³/mol. The van der Waals surface area contributed by atoms with Gasteiger partial charge in [-0.05, 0) is 98.2 Å². The van der Waals surface area contributed by atoms with E-state index in [9.17, 15) is 4.57 Å². The third-order valence-electron chi connectivity index (χ3n) is 10.7. The van der Waals surface area contributed by atoms with Gasteiger partial charge in [-0.1, -0.05) is 65.5 Å². The van der Waals surface area contributed by atoms with Crippen molar-refractivity contribution >= 4 is 8.25 Å². The first kappa shape index (κ1) is 25.8. The van der Waals surface area contributed by atoms with Crippen molar-refractivity contribution < 1.29 is 13.6 Å². The molecule has 0 amide bonds. The molecule has 0 aromatic carbocycles. The van der Waals surface area contributed by atoms with Gasteiger partial charge in [-0.25, -0.2) is 0 Å². The smallest absolute Gasteiger partial charge is 0.119 e. The largest absolute Gasteiger partial charge is 0.697 e. The van der Waals surface area contributed by atoms with Gasteiger partial charge in [0.2, 0.25) is 0 Å². The Balaban J connectivity index is 1.43. The summed E-state index contributed by atoms with van der Waals surface area (Å²) in [5.41, 5.74) is 2.47. The summed E-state index contributed by atoms with van der Waals surface area (Å²) >= 11 is 0. The number of rotatable bonds is 9. The highest BCUT2D eigenvalue weighted by Gasteiger charge is 2.59. The van der Waals surface area contributed by atoms with Crippen molar-refractivity contribution in [3.8, 4) is 0 Å². The fourth-order valence-corrected chi connectivity index (χ4v) is 9.69. The molecule has 3 fully saturated rings. The van der Waals surface area contributed by atoms with Crippen molar-refractivity contribution in [1.82, 2.24) is 0 Å². The molecule has 1 unspecified atom stereocenters. The van der Waals surface area contributed by atoms with Crippen molar-refractivity contribution in [3.05, 3.63) is 11.6 Å². The van der Waals surface area contributed by atoms with Crippen molar-refractivity contribution in [1.29, 1.82) is 0 Å². The molecular formula is C29H50O3P+. The van der Waals surface area contributed by atoms with E-state index in [1.54, 1.807) is 5.57 Å². The maximum Gasteiger partial charge on any atom is 0.697 e. The molecule has 0 saturated heterocycles. The van der Waals surface area contributed by atoms with Crippen molar-refractivity contribution in [2.75, 3.05) is 6.61 Å². The quantitative estimate of drug-likeness (QED) is 0.245. The lowest BCUT2D eigenvalue weighted by Crippen LogP contribution is -2.50. The third-order valence-corrected chi connectivity index (χ3v) is 11.7. The molecule has 4 heteroatoms. The molecule has 0 bridgehead atoms. The first-order valence-electron chi connectivity index (χ1n) is 14.2. The Kier molecular flexibility index (Phi) is 8.14. The van der Waals surface area contributed by atoms with Crippen LogP contribution in [0, 0.1) is 46.3 Å². The average Bonchev–Trinajstić information content (AvgIpc) is 3.11. The molecule has 9 atom stereocenters. The molecule has 4 rings (SSSR count). The van der Waals surface area contributed by atoms with Crippen molar-refractivity contribution in [3.63, 3.8) is 0 Å². The van der Waals surface area contributed by atoms with Gasteiger partial charge in [-0.15, -0.1) is 9.05 Å². The third kappa shape index (κ3) is 5.03. The summed E-state index contributed by atoms with van der Waals surface area (Å²) in [6, 6.07) is 0. The van der Waals surface area contributed by atoms with Gasteiger partial charge in [-0.3, -0.25) is 0 Å². The van der Waals surface area contributed by atoms with E-state index in [1.165, 1.54) is 57.8 Å². The van der Waals surface area contributed by atoms with Gasteiger partial charge in [0.15, 0.2) is 0 Å². The van der Waals surface area contributed by atoms with Gasteiger partial charge >= 0.3 is 8.25 Å². The van der Waals surface area contributed by atoms with E-state index < -0.39 is 8.25 Å². The molecular weight excluding hydrogens is 427 g/mol. The van der Waals surface area contributed by atoms with Crippen LogP contribution in [0.15, 0.2) is 11.6 Å². The second-order valence-electron chi connectivity index (χ2n) is 12.9. The molecule has 0 aromatic heterocycles. The Bertz CT molecular complexity index is 732. The zero-order chi connectivity index (χ0) is 23.8. The lowest BCUT2D eigenvalue weighted by Gasteiger charge is -2.58. The molecule has 188 valence electrons.